The molecule has 4 saturated heterocycles. The lowest BCUT2D eigenvalue weighted by Crippen LogP contribution is -2.54. The summed E-state index contributed by atoms with van der Waals surface area (Å²) in [5.41, 5.74) is 3.32. The molecule has 2 aromatic carbocycles. The summed E-state index contributed by atoms with van der Waals surface area (Å²) in [5, 5.41) is 21.3. The number of nitrogens with one attached hydrogen (secondary N) is 7. The molecule has 7 N–H and O–H groups in total. The van der Waals surface area contributed by atoms with E-state index in [1.165, 1.54) is 9.87 Å². The smallest absolute Gasteiger partial charge is 0.262 e. The number of fused-ring (bicyclic) bond motifs is 1. The molecule has 0 bridgehead atoms. The highest BCUT2D eigenvalue weighted by molar-refractivity contribution is 8.00. The van der Waals surface area contributed by atoms with Crippen LogP contribution in [0.1, 0.15) is 114 Å². The number of imide groups is 2. The number of anilines is 1. The highest BCUT2D eigenvalue weighted by Gasteiger charge is 2.45. The average molecular weight is 965 g/mol. The molecule has 5 aliphatic heterocycles. The Hall–Kier alpha value is -4.93. The molecular weight excluding hydrogens is 901 g/mol. The molecule has 19 nitrogen and oxygen atoms in total. The second kappa shape index (κ2) is 22.9. The number of thioether (sulfide) groups is 1. The Morgan fingerprint density at radius 3 is 2.37 bits per heavy atom. The molecule has 21 heteroatoms. The van der Waals surface area contributed by atoms with Crippen molar-refractivity contribution in [1.82, 2.24) is 46.0 Å². The van der Waals surface area contributed by atoms with Crippen molar-refractivity contribution in [3.05, 3.63) is 64.7 Å². The summed E-state index contributed by atoms with van der Waals surface area (Å²) in [6.07, 6.45) is 9.65. The van der Waals surface area contributed by atoms with Crippen LogP contribution < -0.4 is 37.2 Å². The van der Waals surface area contributed by atoms with Crippen molar-refractivity contribution in [2.45, 2.75) is 100 Å². The van der Waals surface area contributed by atoms with Gasteiger partial charge in [-0.2, -0.15) is 0 Å². The zero-order chi connectivity index (χ0) is 47.7. The van der Waals surface area contributed by atoms with Crippen LogP contribution in [0.5, 0.6) is 0 Å². The third kappa shape index (κ3) is 13.2. The van der Waals surface area contributed by atoms with Crippen molar-refractivity contribution >= 4 is 68.8 Å². The summed E-state index contributed by atoms with van der Waals surface area (Å²) in [6.45, 7) is 2.72. The van der Waals surface area contributed by atoms with Gasteiger partial charge in [0.1, 0.15) is 11.5 Å². The van der Waals surface area contributed by atoms with Gasteiger partial charge in [0, 0.05) is 50.1 Å². The van der Waals surface area contributed by atoms with Crippen LogP contribution in [0.4, 0.5) is 5.69 Å². The van der Waals surface area contributed by atoms with E-state index in [2.05, 4.69) is 66.4 Å². The maximum absolute atomic E-state index is 13.1. The van der Waals surface area contributed by atoms with Crippen LogP contribution in [0.3, 0.4) is 0 Å². The number of unbranched alkanes of at least 4 members (excludes halogenated alkanes) is 5. The molecule has 5 heterocycles. The van der Waals surface area contributed by atoms with E-state index in [0.717, 1.165) is 86.1 Å². The zero-order valence-electron chi connectivity index (χ0n) is 38.3. The number of hydrogen-bond donors (Lipinski definition) is 7. The highest BCUT2D eigenvalue weighted by Crippen LogP contribution is 2.34. The lowest BCUT2D eigenvalue weighted by Gasteiger charge is -2.36. The van der Waals surface area contributed by atoms with Gasteiger partial charge in [-0.15, -0.1) is 11.8 Å². The van der Waals surface area contributed by atoms with Gasteiger partial charge < -0.3 is 26.6 Å². The van der Waals surface area contributed by atoms with E-state index in [4.69, 9.17) is 0 Å². The minimum absolute atomic E-state index is 0.00406. The van der Waals surface area contributed by atoms with Gasteiger partial charge in [-0.1, -0.05) is 49.9 Å². The molecule has 67 heavy (non-hydrogen) atoms. The Morgan fingerprint density at radius 2 is 1.61 bits per heavy atom. The number of piperidine rings is 2. The summed E-state index contributed by atoms with van der Waals surface area (Å²) >= 11 is 1.59. The number of benzene rings is 2. The SMILES string of the molecule is CN(CC(=O)NCCCCCCCCNc1ccc2c(c1)C(=O)N(C1CCC(=O)NC1=O)C2=O)C1CC(c2cccc(C3CSC(NC(=O)CNC(=O)C4CCN(S(C)(=O)=O)C4)N3)c2)CCN1. The molecular formula is C46H64N10O9S2. The first-order chi connectivity index (χ1) is 32.1. The first kappa shape index (κ1) is 50.0. The molecule has 2 aromatic rings. The molecule has 0 aromatic heterocycles. The lowest BCUT2D eigenvalue weighted by atomic mass is 9.87. The summed E-state index contributed by atoms with van der Waals surface area (Å²) < 4.78 is 24.9. The summed E-state index contributed by atoms with van der Waals surface area (Å²) in [6, 6.07) is 12.6. The summed E-state index contributed by atoms with van der Waals surface area (Å²) in [7, 11) is -1.37. The number of carbonyl (C=O) groups excluding carboxylic acids is 7. The van der Waals surface area contributed by atoms with Gasteiger partial charge in [0.05, 0.1) is 42.6 Å². The molecule has 4 fully saturated rings. The molecule has 364 valence electrons. The number of nitrogens with zero attached hydrogens (tertiary/aromatic N) is 3. The van der Waals surface area contributed by atoms with E-state index in [0.29, 0.717) is 38.5 Å². The van der Waals surface area contributed by atoms with Crippen LogP contribution in [0.15, 0.2) is 42.5 Å². The Bertz CT molecular complexity index is 2300. The molecule has 5 aliphatic rings. The molecule has 0 aliphatic carbocycles. The van der Waals surface area contributed by atoms with Crippen molar-refractivity contribution in [3.8, 4) is 0 Å². The van der Waals surface area contributed by atoms with Crippen molar-refractivity contribution in [2.24, 2.45) is 5.92 Å². The highest BCUT2D eigenvalue weighted by atomic mass is 32.2. The fraction of sp³-hybridized carbons (Fsp3) is 0.587. The average Bonchev–Trinajstić information content (AvgIpc) is 4.06. The maximum Gasteiger partial charge on any atom is 0.262 e. The maximum atomic E-state index is 13.1. The van der Waals surface area contributed by atoms with Crippen LogP contribution in [0, 0.1) is 5.92 Å². The standard InChI is InChI=1S/C46H64N10O9S2/c1-54(27-41(59)49-19-8-6-4-3-5-7-18-47-33-12-13-34-35(24-33)45(63)56(44(34)62)37-14-15-39(57)52-43(37)61)38-23-30(16-20-48-38)29-10-9-11-31(22-29)36-28-66-46(51-36)53-40(58)25-50-42(60)32-17-21-55(26-32)67(2,64)65/h9-13,22,24,30,32,36-38,46-48,51H,3-8,14-21,23,25-28H2,1-2H3,(H,49,59)(H,50,60)(H,53,58)(H,52,57,61). The molecule has 0 radical (unpaired) electrons. The van der Waals surface area contributed by atoms with Crippen LogP contribution >= 0.6 is 11.8 Å². The second-order valence-corrected chi connectivity index (χ2v) is 21.3. The molecule has 7 rings (SSSR count). The van der Waals surface area contributed by atoms with E-state index in [1.54, 1.807) is 30.0 Å². The van der Waals surface area contributed by atoms with Crippen LogP contribution in [0.2, 0.25) is 0 Å². The van der Waals surface area contributed by atoms with Gasteiger partial charge in [0.25, 0.3) is 11.8 Å². The topological polar surface area (TPSA) is 248 Å². The largest absolute Gasteiger partial charge is 0.385 e. The van der Waals surface area contributed by atoms with Crippen molar-refractivity contribution in [2.75, 3.05) is 70.2 Å². The van der Waals surface area contributed by atoms with E-state index in [1.807, 2.05) is 7.05 Å². The predicted molar refractivity (Wildman–Crippen MR) is 253 cm³/mol. The molecule has 0 saturated carbocycles. The van der Waals surface area contributed by atoms with Gasteiger partial charge in [-0.25, -0.2) is 12.7 Å². The Labute approximate surface area is 396 Å². The van der Waals surface area contributed by atoms with Crippen molar-refractivity contribution in [1.29, 1.82) is 0 Å². The first-order valence-corrected chi connectivity index (χ1v) is 26.3. The van der Waals surface area contributed by atoms with Gasteiger partial charge in [-0.05, 0) is 87.4 Å². The predicted octanol–water partition coefficient (Wildman–Crippen LogP) is 1.56. The summed E-state index contributed by atoms with van der Waals surface area (Å²) in [4.78, 5) is 91.1. The fourth-order valence-electron chi connectivity index (χ4n) is 9.45. The van der Waals surface area contributed by atoms with E-state index in [-0.39, 0.29) is 72.5 Å². The van der Waals surface area contributed by atoms with Crippen LogP contribution in [-0.4, -0.2) is 146 Å². The minimum atomic E-state index is -3.35. The number of likely N-dealkylation sites (N-methyl/N-ethyl adjacent to an activating group) is 1. The normalized spacial score (nSPS) is 24.4. The number of carbonyl (C=O) groups is 7. The molecule has 7 amide bonds. The number of rotatable bonds is 21. The third-order valence-corrected chi connectivity index (χ3v) is 15.7. The monoisotopic (exact) mass is 964 g/mol. The molecule has 6 atom stereocenters. The van der Waals surface area contributed by atoms with Crippen molar-refractivity contribution in [3.63, 3.8) is 0 Å². The first-order valence-electron chi connectivity index (χ1n) is 23.4. The minimum Gasteiger partial charge on any atom is -0.385 e. The third-order valence-electron chi connectivity index (χ3n) is 13.3. The van der Waals surface area contributed by atoms with Gasteiger partial charge in [0.15, 0.2) is 0 Å². The Balaban J connectivity index is 0.733. The number of amides is 7. The van der Waals surface area contributed by atoms with Crippen LogP contribution in [-0.2, 0) is 34.0 Å². The molecule has 0 spiro atoms. The Kier molecular flexibility index (Phi) is 17.1. The van der Waals surface area contributed by atoms with Crippen LogP contribution in [0.25, 0.3) is 0 Å². The van der Waals surface area contributed by atoms with E-state index in [9.17, 15) is 42.0 Å². The number of sulfonamides is 1. The zero-order valence-corrected chi connectivity index (χ0v) is 39.9. The lowest BCUT2D eigenvalue weighted by molar-refractivity contribution is -0.136. The number of hydrogen-bond acceptors (Lipinski definition) is 14. The second-order valence-electron chi connectivity index (χ2n) is 18.2. The Morgan fingerprint density at radius 1 is 0.866 bits per heavy atom. The van der Waals surface area contributed by atoms with E-state index < -0.39 is 45.6 Å². The molecule has 6 unspecified atom stereocenters. The summed E-state index contributed by atoms with van der Waals surface area (Å²) in [5.74, 6) is -2.09. The quantitative estimate of drug-likeness (QED) is 0.0694. The van der Waals surface area contributed by atoms with Gasteiger partial charge >= 0.3 is 0 Å². The van der Waals surface area contributed by atoms with Gasteiger partial charge in [0.2, 0.25) is 39.6 Å². The fourth-order valence-corrected chi connectivity index (χ4v) is 11.5. The van der Waals surface area contributed by atoms with E-state index >= 15 is 0 Å². The van der Waals surface area contributed by atoms with Crippen molar-refractivity contribution < 1.29 is 42.0 Å². The van der Waals surface area contributed by atoms with Gasteiger partial charge in [-0.3, -0.25) is 54.0 Å².